The maximum atomic E-state index is 12.4. The van der Waals surface area contributed by atoms with E-state index in [4.69, 9.17) is 9.15 Å². The molecule has 0 radical (unpaired) electrons. The van der Waals surface area contributed by atoms with E-state index in [1.54, 1.807) is 0 Å². The number of hydrogen-bond acceptors (Lipinski definition) is 4. The number of esters is 1. The van der Waals surface area contributed by atoms with Gasteiger partial charge in [-0.05, 0) is 37.9 Å². The van der Waals surface area contributed by atoms with E-state index < -0.39 is 0 Å². The zero-order chi connectivity index (χ0) is 13.5. The van der Waals surface area contributed by atoms with Gasteiger partial charge in [0.05, 0.1) is 0 Å². The summed E-state index contributed by atoms with van der Waals surface area (Å²) in [6.07, 6.45) is 3.83. The number of halogens is 1. The van der Waals surface area contributed by atoms with E-state index in [-0.39, 0.29) is 24.5 Å². The molecule has 3 aliphatic rings. The van der Waals surface area contributed by atoms with Gasteiger partial charge in [-0.15, -0.1) is 12.4 Å². The van der Waals surface area contributed by atoms with Crippen molar-refractivity contribution in [3.05, 3.63) is 36.1 Å². The van der Waals surface area contributed by atoms with E-state index in [1.807, 2.05) is 24.3 Å². The molecule has 5 heteroatoms. The van der Waals surface area contributed by atoms with Gasteiger partial charge in [0.25, 0.3) is 0 Å². The molecular formula is C16H18ClNO3. The van der Waals surface area contributed by atoms with Crippen LogP contribution in [-0.4, -0.2) is 36.6 Å². The summed E-state index contributed by atoms with van der Waals surface area (Å²) in [4.78, 5) is 14.7. The summed E-state index contributed by atoms with van der Waals surface area (Å²) in [5, 5.41) is 0.832. The number of carbonyl (C=O) groups excluding carboxylic acids is 1. The van der Waals surface area contributed by atoms with Gasteiger partial charge in [0.2, 0.25) is 0 Å². The van der Waals surface area contributed by atoms with Gasteiger partial charge >= 0.3 is 5.97 Å². The molecular weight excluding hydrogens is 290 g/mol. The second kappa shape index (κ2) is 5.70. The minimum atomic E-state index is -0.256. The van der Waals surface area contributed by atoms with Crippen molar-refractivity contribution in [2.24, 2.45) is 5.92 Å². The molecule has 0 spiro atoms. The number of carbonyl (C=O) groups is 1. The summed E-state index contributed by atoms with van der Waals surface area (Å²) in [5.41, 5.74) is 1.27. The molecule has 0 amide bonds. The first kappa shape index (κ1) is 14.4. The van der Waals surface area contributed by atoms with Crippen LogP contribution in [-0.2, 0) is 4.74 Å². The highest BCUT2D eigenvalue weighted by Crippen LogP contribution is 2.31. The molecule has 3 aliphatic heterocycles. The Hall–Kier alpha value is -1.52. The summed E-state index contributed by atoms with van der Waals surface area (Å²) < 4.78 is 11.1. The number of fused-ring (bicyclic) bond motifs is 4. The van der Waals surface area contributed by atoms with Crippen LogP contribution >= 0.6 is 12.4 Å². The second-order valence-electron chi connectivity index (χ2n) is 5.73. The van der Waals surface area contributed by atoms with Crippen LogP contribution in [0.3, 0.4) is 0 Å². The first-order valence-corrected chi connectivity index (χ1v) is 7.21. The lowest BCUT2D eigenvalue weighted by Crippen LogP contribution is -2.51. The van der Waals surface area contributed by atoms with Crippen molar-refractivity contribution in [1.29, 1.82) is 0 Å². The van der Waals surface area contributed by atoms with Crippen molar-refractivity contribution >= 4 is 29.3 Å². The molecule has 112 valence electrons. The fraction of sp³-hybridized carbons (Fsp3) is 0.438. The lowest BCUT2D eigenvalue weighted by Gasteiger charge is -2.43. The Kier molecular flexibility index (Phi) is 3.91. The number of furan rings is 1. The second-order valence-corrected chi connectivity index (χ2v) is 5.73. The van der Waals surface area contributed by atoms with Gasteiger partial charge in [0.15, 0.2) is 0 Å². The van der Waals surface area contributed by atoms with Gasteiger partial charge in [-0.25, -0.2) is 4.79 Å². The number of piperidine rings is 3. The average molecular weight is 308 g/mol. The van der Waals surface area contributed by atoms with Crippen LogP contribution in [0.4, 0.5) is 0 Å². The van der Waals surface area contributed by atoms with Crippen molar-refractivity contribution in [1.82, 2.24) is 4.90 Å². The number of rotatable bonds is 2. The quantitative estimate of drug-likeness (QED) is 0.800. The van der Waals surface area contributed by atoms with Crippen LogP contribution in [0.25, 0.3) is 11.0 Å². The van der Waals surface area contributed by atoms with Crippen LogP contribution in [0.15, 0.2) is 34.9 Å². The third-order valence-electron chi connectivity index (χ3n) is 4.56. The minimum absolute atomic E-state index is 0. The Balaban J connectivity index is 0.00000132. The van der Waals surface area contributed by atoms with Crippen LogP contribution < -0.4 is 0 Å². The lowest BCUT2D eigenvalue weighted by molar-refractivity contribution is -0.0455. The Morgan fingerprint density at radius 3 is 2.71 bits per heavy atom. The molecule has 1 aromatic heterocycles. The molecule has 1 atom stereocenters. The van der Waals surface area contributed by atoms with E-state index in [2.05, 4.69) is 4.90 Å². The minimum Gasteiger partial charge on any atom is -0.463 e. The number of nitrogens with zero attached hydrogens (tertiary/aromatic N) is 1. The number of ether oxygens (including phenoxy) is 1. The van der Waals surface area contributed by atoms with Gasteiger partial charge in [0, 0.05) is 11.9 Å². The molecule has 2 aromatic rings. The van der Waals surface area contributed by atoms with Crippen molar-refractivity contribution in [3.63, 3.8) is 0 Å². The summed E-state index contributed by atoms with van der Waals surface area (Å²) in [5.74, 6) is 0.274. The van der Waals surface area contributed by atoms with E-state index in [0.29, 0.717) is 11.5 Å². The fourth-order valence-corrected chi connectivity index (χ4v) is 3.38. The highest BCUT2D eigenvalue weighted by atomic mass is 35.5. The first-order valence-electron chi connectivity index (χ1n) is 7.21. The predicted octanol–water partition coefficient (Wildman–Crippen LogP) is 3.11. The Labute approximate surface area is 129 Å². The number of benzene rings is 1. The summed E-state index contributed by atoms with van der Waals surface area (Å²) in [7, 11) is 0. The summed E-state index contributed by atoms with van der Waals surface area (Å²) in [6.45, 7) is 3.17. The predicted molar refractivity (Wildman–Crippen MR) is 81.8 cm³/mol. The van der Waals surface area contributed by atoms with Crippen LogP contribution in [0.2, 0.25) is 0 Å². The molecule has 1 aromatic carbocycles. The van der Waals surface area contributed by atoms with Crippen molar-refractivity contribution in [2.75, 3.05) is 19.6 Å². The molecule has 0 N–H and O–H groups in total. The lowest BCUT2D eigenvalue weighted by atomic mass is 9.86. The number of hydrogen-bond donors (Lipinski definition) is 0. The van der Waals surface area contributed by atoms with Gasteiger partial charge < -0.3 is 9.15 Å². The van der Waals surface area contributed by atoms with E-state index in [1.165, 1.54) is 6.26 Å². The topological polar surface area (TPSA) is 42.7 Å². The molecule has 0 aliphatic carbocycles. The Bertz CT molecular complexity index is 646. The highest BCUT2D eigenvalue weighted by Gasteiger charge is 2.36. The van der Waals surface area contributed by atoms with Gasteiger partial charge in [-0.1, -0.05) is 18.2 Å². The van der Waals surface area contributed by atoms with Gasteiger partial charge in [0.1, 0.15) is 23.5 Å². The Morgan fingerprint density at radius 2 is 2.00 bits per heavy atom. The largest absolute Gasteiger partial charge is 0.463 e. The molecule has 3 fully saturated rings. The van der Waals surface area contributed by atoms with E-state index in [0.717, 1.165) is 43.4 Å². The smallest absolute Gasteiger partial charge is 0.342 e. The van der Waals surface area contributed by atoms with E-state index >= 15 is 0 Å². The Morgan fingerprint density at radius 1 is 1.24 bits per heavy atom. The maximum absolute atomic E-state index is 12.4. The maximum Gasteiger partial charge on any atom is 0.342 e. The van der Waals surface area contributed by atoms with Crippen LogP contribution in [0.5, 0.6) is 0 Å². The molecule has 4 heterocycles. The number of para-hydroxylation sites is 1. The SMILES string of the molecule is Cl.O=C(OC1CN2CCC1CC2)c1coc2ccccc12. The van der Waals surface area contributed by atoms with Gasteiger partial charge in [-0.3, -0.25) is 4.90 Å². The molecule has 1 unspecified atom stereocenters. The summed E-state index contributed by atoms with van der Waals surface area (Å²) in [6, 6.07) is 7.56. The standard InChI is InChI=1S/C16H17NO3.ClH/c18-16(13-10-19-14-4-2-1-3-12(13)14)20-15-9-17-7-5-11(15)6-8-17;/h1-4,10-11,15H,5-9H2;1H. The molecule has 0 saturated carbocycles. The van der Waals surface area contributed by atoms with Crippen molar-refractivity contribution in [2.45, 2.75) is 18.9 Å². The molecule has 5 rings (SSSR count). The molecule has 4 nitrogen and oxygen atoms in total. The monoisotopic (exact) mass is 307 g/mol. The zero-order valence-corrected chi connectivity index (χ0v) is 12.5. The first-order chi connectivity index (χ1) is 9.81. The third-order valence-corrected chi connectivity index (χ3v) is 4.56. The average Bonchev–Trinajstić information content (AvgIpc) is 2.92. The van der Waals surface area contributed by atoms with Crippen LogP contribution in [0, 0.1) is 5.92 Å². The van der Waals surface area contributed by atoms with Crippen molar-refractivity contribution < 1.29 is 13.9 Å². The normalized spacial score (nSPS) is 27.3. The summed E-state index contributed by atoms with van der Waals surface area (Å²) >= 11 is 0. The highest BCUT2D eigenvalue weighted by molar-refractivity contribution is 6.03. The molecule has 3 saturated heterocycles. The zero-order valence-electron chi connectivity index (χ0n) is 11.7. The van der Waals surface area contributed by atoms with Gasteiger partial charge in [-0.2, -0.15) is 0 Å². The fourth-order valence-electron chi connectivity index (χ4n) is 3.38. The van der Waals surface area contributed by atoms with E-state index in [9.17, 15) is 4.79 Å². The van der Waals surface area contributed by atoms with Crippen molar-refractivity contribution in [3.8, 4) is 0 Å². The third kappa shape index (κ3) is 2.54. The molecule has 21 heavy (non-hydrogen) atoms. The molecule has 2 bridgehead atoms. The van der Waals surface area contributed by atoms with Crippen LogP contribution in [0.1, 0.15) is 23.2 Å².